The topological polar surface area (TPSA) is 111 Å². The van der Waals surface area contributed by atoms with Crippen molar-refractivity contribution in [1.29, 1.82) is 10.5 Å². The minimum absolute atomic E-state index is 0. The molecule has 0 unspecified atom stereocenters. The summed E-state index contributed by atoms with van der Waals surface area (Å²) in [5.41, 5.74) is 4.15. The second kappa shape index (κ2) is 16.1. The van der Waals surface area contributed by atoms with Crippen molar-refractivity contribution in [3.05, 3.63) is 107 Å². The second-order valence-corrected chi connectivity index (χ2v) is 6.90. The third-order valence-corrected chi connectivity index (χ3v) is 4.76. The number of aliphatic hydroxyl groups is 1. The molecule has 0 atom stereocenters. The zero-order valence-corrected chi connectivity index (χ0v) is 21.2. The molecule has 0 spiro atoms. The Hall–Kier alpha value is -3.73. The molecule has 2 aromatic heterocycles. The fourth-order valence-electron chi connectivity index (χ4n) is 3.07. The Kier molecular flexibility index (Phi) is 14.5. The number of hydrogen-bond acceptors (Lipinski definition) is 6. The number of halogens is 2. The molecule has 0 saturated carbocycles. The number of pyridine rings is 2. The van der Waals surface area contributed by atoms with Crippen molar-refractivity contribution in [1.82, 2.24) is 9.97 Å². The number of rotatable bonds is 4. The number of hydrogen-bond donors (Lipinski definition) is 1. The van der Waals surface area contributed by atoms with Crippen LogP contribution in [0.5, 0.6) is 0 Å². The Morgan fingerprint density at radius 3 is 1.70 bits per heavy atom. The number of nitriles is 2. The normalized spacial score (nSPS) is 9.00. The number of aliphatic hydroxyl groups excluding tert-OH is 1. The number of carbonyl (C=O) groups excluding carboxylic acids is 1. The van der Waals surface area contributed by atoms with Gasteiger partial charge in [0.1, 0.15) is 35.2 Å². The van der Waals surface area contributed by atoms with Crippen LogP contribution < -0.4 is 29.6 Å². The van der Waals surface area contributed by atoms with Gasteiger partial charge in [-0.25, -0.2) is 18.7 Å². The van der Waals surface area contributed by atoms with Gasteiger partial charge in [-0.15, -0.1) is 0 Å². The molecule has 6 nitrogen and oxygen atoms in total. The monoisotopic (exact) mass is 505 g/mol. The first kappa shape index (κ1) is 33.3. The number of benzene rings is 2. The van der Waals surface area contributed by atoms with Crippen LogP contribution in [0.2, 0.25) is 0 Å². The van der Waals surface area contributed by atoms with Crippen molar-refractivity contribution in [2.45, 2.75) is 14.0 Å². The molecule has 0 bridgehead atoms. The van der Waals surface area contributed by atoms with Crippen molar-refractivity contribution in [3.8, 4) is 34.4 Å². The van der Waals surface area contributed by atoms with Crippen molar-refractivity contribution in [2.24, 2.45) is 0 Å². The van der Waals surface area contributed by atoms with Crippen LogP contribution in [0.15, 0.2) is 73.1 Å². The van der Waals surface area contributed by atoms with Gasteiger partial charge in [0.15, 0.2) is 6.29 Å². The van der Waals surface area contributed by atoms with E-state index in [0.717, 1.165) is 5.56 Å². The van der Waals surface area contributed by atoms with E-state index in [2.05, 4.69) is 9.97 Å². The molecular weight excluding hydrogens is 484 g/mol. The summed E-state index contributed by atoms with van der Waals surface area (Å²) in [6.07, 6.45) is 3.45. The van der Waals surface area contributed by atoms with E-state index < -0.39 is 0 Å². The van der Waals surface area contributed by atoms with Gasteiger partial charge in [-0.3, -0.25) is 4.79 Å². The van der Waals surface area contributed by atoms with Crippen molar-refractivity contribution >= 4 is 14.7 Å². The van der Waals surface area contributed by atoms with Crippen LogP contribution in [0.4, 0.5) is 8.78 Å². The summed E-state index contributed by atoms with van der Waals surface area (Å²) >= 11 is 0. The first-order chi connectivity index (χ1) is 16.5. The van der Waals surface area contributed by atoms with E-state index in [-0.39, 0.29) is 76.5 Å². The van der Waals surface area contributed by atoms with Crippen LogP contribution in [-0.4, -0.2) is 29.8 Å². The van der Waals surface area contributed by atoms with Crippen LogP contribution in [0.3, 0.4) is 0 Å². The predicted molar refractivity (Wildman–Crippen MR) is 134 cm³/mol. The maximum absolute atomic E-state index is 12.8. The molecule has 179 valence electrons. The zero-order chi connectivity index (χ0) is 24.5. The summed E-state index contributed by atoms with van der Waals surface area (Å²) in [6, 6.07) is 18.5. The van der Waals surface area contributed by atoms with Crippen molar-refractivity contribution < 1.29 is 49.7 Å². The van der Waals surface area contributed by atoms with Gasteiger partial charge in [0, 0.05) is 31.9 Å². The van der Waals surface area contributed by atoms with Crippen LogP contribution in [-0.2, 0) is 6.61 Å². The summed E-state index contributed by atoms with van der Waals surface area (Å²) in [7, 11) is 0. The van der Waals surface area contributed by atoms with E-state index in [1.807, 2.05) is 12.1 Å². The molecule has 2 aromatic carbocycles. The van der Waals surface area contributed by atoms with Crippen LogP contribution in [0, 0.1) is 34.3 Å². The summed E-state index contributed by atoms with van der Waals surface area (Å²) in [5, 5.41) is 26.7. The molecule has 0 aliphatic carbocycles. The molecule has 3 radical (unpaired) electrons. The largest absolute Gasteiger partial charge is 1.00 e. The standard InChI is InChI=1S/C13H9FN2O.C13H7FN2O.CH4.B.Na.H/c2*14-11-3-1-9(2-4-11)13-5-12(6-15)16-7-10(13)8-17;;;;/h1-5,7,17H,8H2;1-5,7-8H;1H4;;;/q;;;;+1;-1. The van der Waals surface area contributed by atoms with Gasteiger partial charge < -0.3 is 6.53 Å². The Labute approximate surface area is 239 Å². The molecule has 0 aliphatic rings. The van der Waals surface area contributed by atoms with Gasteiger partial charge in [-0.05, 0) is 58.7 Å². The van der Waals surface area contributed by atoms with Crippen LogP contribution >= 0.6 is 0 Å². The number of aldehydes is 1. The molecule has 4 rings (SSSR count). The fourth-order valence-corrected chi connectivity index (χ4v) is 3.07. The molecule has 10 heteroatoms. The molecule has 0 aliphatic heterocycles. The summed E-state index contributed by atoms with van der Waals surface area (Å²) in [6.45, 7) is -0.175. The average Bonchev–Trinajstić information content (AvgIpc) is 2.89. The Morgan fingerprint density at radius 2 is 1.27 bits per heavy atom. The zero-order valence-electron chi connectivity index (χ0n) is 20.2. The maximum Gasteiger partial charge on any atom is 1.00 e. The first-order valence-corrected chi connectivity index (χ1v) is 9.86. The molecule has 0 saturated heterocycles. The predicted octanol–water partition coefficient (Wildman–Crippen LogP) is 2.20. The van der Waals surface area contributed by atoms with E-state index >= 15 is 0 Å². The van der Waals surface area contributed by atoms with Gasteiger partial charge in [-0.2, -0.15) is 10.5 Å². The minimum atomic E-state index is -0.351. The molecule has 4 aromatic rings. The van der Waals surface area contributed by atoms with Gasteiger partial charge in [0.2, 0.25) is 0 Å². The molecule has 0 amide bonds. The van der Waals surface area contributed by atoms with Crippen LogP contribution in [0.1, 0.15) is 36.2 Å². The third-order valence-electron chi connectivity index (χ3n) is 4.76. The number of aromatic nitrogens is 2. The van der Waals surface area contributed by atoms with Gasteiger partial charge in [0.25, 0.3) is 0 Å². The van der Waals surface area contributed by atoms with E-state index in [1.54, 1.807) is 30.3 Å². The summed E-state index contributed by atoms with van der Waals surface area (Å²) in [4.78, 5) is 18.6. The van der Waals surface area contributed by atoms with Crippen molar-refractivity contribution in [3.63, 3.8) is 0 Å². The molecular formula is C27H21BF2N4NaO2. The molecule has 0 fully saturated rings. The Balaban J connectivity index is 0. The Morgan fingerprint density at radius 1 is 0.838 bits per heavy atom. The average molecular weight is 505 g/mol. The number of nitrogens with zero attached hydrogens (tertiary/aromatic N) is 4. The van der Waals surface area contributed by atoms with Gasteiger partial charge >= 0.3 is 29.6 Å². The van der Waals surface area contributed by atoms with E-state index in [0.29, 0.717) is 34.1 Å². The van der Waals surface area contributed by atoms with Gasteiger partial charge in [-0.1, -0.05) is 31.7 Å². The van der Waals surface area contributed by atoms with Crippen molar-refractivity contribution in [2.75, 3.05) is 0 Å². The molecule has 1 N–H and O–H groups in total. The SMILES string of the molecule is C.N#Cc1cc(-c2ccc(F)cc2)c(C=O)cn1.N#Cc1cc(-c2ccc(F)cc2)c(CO)cn1.[B].[H-].[Na+]. The quantitative estimate of drug-likeness (QED) is 0.337. The first-order valence-electron chi connectivity index (χ1n) is 9.86. The molecule has 37 heavy (non-hydrogen) atoms. The smallest absolute Gasteiger partial charge is 1.00 e. The van der Waals surface area contributed by atoms with E-state index in [1.165, 1.54) is 42.7 Å². The van der Waals surface area contributed by atoms with Gasteiger partial charge in [0.05, 0.1) is 6.61 Å². The second-order valence-electron chi connectivity index (χ2n) is 6.90. The Bertz CT molecular complexity index is 1410. The van der Waals surface area contributed by atoms with E-state index in [9.17, 15) is 18.7 Å². The summed E-state index contributed by atoms with van der Waals surface area (Å²) < 4.78 is 25.6. The van der Waals surface area contributed by atoms with E-state index in [4.69, 9.17) is 10.5 Å². The summed E-state index contributed by atoms with van der Waals surface area (Å²) in [5.74, 6) is -0.676. The fraction of sp³-hybridized carbons (Fsp3) is 0.0741. The minimum Gasteiger partial charge on any atom is -1.00 e. The third kappa shape index (κ3) is 8.71. The van der Waals surface area contributed by atoms with Crippen LogP contribution in [0.25, 0.3) is 22.3 Å². The molecule has 2 heterocycles. The maximum atomic E-state index is 12.8. The number of carbonyl (C=O) groups is 1.